The second-order valence-electron chi connectivity index (χ2n) is 6.01. The van der Waals surface area contributed by atoms with E-state index in [1.54, 1.807) is 20.1 Å². The number of aliphatic imine (C=N–C) groups is 1. The Morgan fingerprint density at radius 1 is 1.43 bits per heavy atom. The molecule has 4 N–H and O–H groups in total. The van der Waals surface area contributed by atoms with E-state index in [0.717, 1.165) is 17.8 Å². The summed E-state index contributed by atoms with van der Waals surface area (Å²) < 4.78 is 15.4. The zero-order valence-electron chi connectivity index (χ0n) is 17.1. The molecular weight excluding hydrogens is 412 g/mol. The molecule has 0 aliphatic rings. The number of nitrogens with one attached hydrogen (secondary N) is 2. The number of amides is 1. The number of hydrogen-bond acceptors (Lipinski definition) is 11. The third-order valence-corrected chi connectivity index (χ3v) is 4.53. The van der Waals surface area contributed by atoms with Gasteiger partial charge in [-0.25, -0.2) is 9.79 Å². The molecule has 1 amide bonds. The van der Waals surface area contributed by atoms with Crippen LogP contribution in [0.25, 0.3) is 0 Å². The van der Waals surface area contributed by atoms with Crippen molar-refractivity contribution in [3.63, 3.8) is 0 Å². The van der Waals surface area contributed by atoms with Crippen LogP contribution >= 0.6 is 11.3 Å². The standard InChI is InChI=1S/C18H24N6O5S/c1-5-11(9-27-3)21-12-8-13(29-16(26)14(12)28-4)15(25)22-18-24-23-17(30-18)20-10(2)6-7-19/h6-8,11,21H,5,9,19H2,1-4H3,(H,22,24,25)/b7-6-,20-10+/t11-/m0/s1. The van der Waals surface area contributed by atoms with E-state index in [9.17, 15) is 9.59 Å². The van der Waals surface area contributed by atoms with Gasteiger partial charge in [0.05, 0.1) is 19.4 Å². The molecule has 0 fully saturated rings. The molecule has 0 aliphatic carbocycles. The van der Waals surface area contributed by atoms with Crippen LogP contribution in [0.4, 0.5) is 16.0 Å². The van der Waals surface area contributed by atoms with Gasteiger partial charge in [-0.2, -0.15) is 0 Å². The normalized spacial score (nSPS) is 12.7. The number of hydrogen-bond donors (Lipinski definition) is 3. The zero-order chi connectivity index (χ0) is 22.1. The Morgan fingerprint density at radius 2 is 2.20 bits per heavy atom. The lowest BCUT2D eigenvalue weighted by Gasteiger charge is -2.18. The van der Waals surface area contributed by atoms with Crippen LogP contribution < -0.4 is 26.7 Å². The molecule has 0 bridgehead atoms. The third-order valence-electron chi connectivity index (χ3n) is 3.80. The van der Waals surface area contributed by atoms with Gasteiger partial charge in [0.25, 0.3) is 5.91 Å². The van der Waals surface area contributed by atoms with E-state index in [4.69, 9.17) is 19.6 Å². The van der Waals surface area contributed by atoms with Crippen molar-refractivity contribution in [1.82, 2.24) is 10.2 Å². The van der Waals surface area contributed by atoms with Crippen LogP contribution in [-0.4, -0.2) is 48.7 Å². The summed E-state index contributed by atoms with van der Waals surface area (Å²) in [6.07, 6.45) is 3.69. The SMILES string of the molecule is CC[C@@H](COC)Nc1cc(C(=O)Nc2nnc(/N=C(C)/C=C\N)s2)oc(=O)c1OC. The number of nitrogens with two attached hydrogens (primary N) is 1. The number of allylic oxidation sites excluding steroid dienone is 1. The van der Waals surface area contributed by atoms with E-state index in [1.807, 2.05) is 6.92 Å². The lowest BCUT2D eigenvalue weighted by atomic mass is 10.2. The summed E-state index contributed by atoms with van der Waals surface area (Å²) in [6, 6.07) is 1.31. The second-order valence-corrected chi connectivity index (χ2v) is 6.96. The Bertz CT molecular complexity index is 984. The number of carbonyl (C=O) groups is 1. The molecule has 11 nitrogen and oxygen atoms in total. The maximum absolute atomic E-state index is 12.6. The molecule has 2 aromatic heterocycles. The molecule has 0 saturated carbocycles. The first-order valence-electron chi connectivity index (χ1n) is 8.97. The summed E-state index contributed by atoms with van der Waals surface area (Å²) in [7, 11) is 2.92. The first-order valence-corrected chi connectivity index (χ1v) is 9.79. The average molecular weight is 436 g/mol. The molecule has 0 radical (unpaired) electrons. The second kappa shape index (κ2) is 11.1. The maximum atomic E-state index is 12.6. The lowest BCUT2D eigenvalue weighted by molar-refractivity contribution is 0.0991. The van der Waals surface area contributed by atoms with Crippen LogP contribution in [-0.2, 0) is 4.74 Å². The van der Waals surface area contributed by atoms with Gasteiger partial charge < -0.3 is 24.9 Å². The van der Waals surface area contributed by atoms with Gasteiger partial charge in [0.2, 0.25) is 16.0 Å². The smallest absolute Gasteiger partial charge is 0.381 e. The van der Waals surface area contributed by atoms with Crippen LogP contribution in [0, 0.1) is 0 Å². The quantitative estimate of drug-likeness (QED) is 0.475. The van der Waals surface area contributed by atoms with Crippen molar-refractivity contribution in [2.75, 3.05) is 31.5 Å². The van der Waals surface area contributed by atoms with Crippen LogP contribution in [0.5, 0.6) is 5.75 Å². The molecule has 0 saturated heterocycles. The Labute approximate surface area is 177 Å². The summed E-state index contributed by atoms with van der Waals surface area (Å²) in [6.45, 7) is 4.12. The minimum Gasteiger partial charge on any atom is -0.488 e. The number of methoxy groups -OCH3 is 2. The molecule has 2 heterocycles. The summed E-state index contributed by atoms with van der Waals surface area (Å²) in [4.78, 5) is 29.0. The fraction of sp³-hybridized carbons (Fsp3) is 0.389. The third kappa shape index (κ3) is 6.12. The molecule has 0 spiro atoms. The van der Waals surface area contributed by atoms with Gasteiger partial charge in [0.15, 0.2) is 5.76 Å². The summed E-state index contributed by atoms with van der Waals surface area (Å²) >= 11 is 1.05. The number of carbonyl (C=O) groups excluding carboxylic acids is 1. The number of rotatable bonds is 10. The topological polar surface area (TPSA) is 154 Å². The number of aromatic nitrogens is 2. The highest BCUT2D eigenvalue weighted by atomic mass is 32.1. The zero-order valence-corrected chi connectivity index (χ0v) is 17.9. The predicted octanol–water partition coefficient (Wildman–Crippen LogP) is 2.15. The Balaban J connectivity index is 2.24. The van der Waals surface area contributed by atoms with Gasteiger partial charge in [-0.3, -0.25) is 10.1 Å². The molecule has 2 aromatic rings. The Kier molecular flexibility index (Phi) is 8.50. The lowest BCUT2D eigenvalue weighted by Crippen LogP contribution is -2.26. The molecule has 12 heteroatoms. The van der Waals surface area contributed by atoms with Gasteiger partial charge in [-0.1, -0.05) is 18.3 Å². The van der Waals surface area contributed by atoms with Crippen molar-refractivity contribution in [1.29, 1.82) is 0 Å². The van der Waals surface area contributed by atoms with Crippen molar-refractivity contribution in [2.45, 2.75) is 26.3 Å². The van der Waals surface area contributed by atoms with Gasteiger partial charge in [0, 0.05) is 24.9 Å². The molecule has 30 heavy (non-hydrogen) atoms. The van der Waals surface area contributed by atoms with Crippen molar-refractivity contribution in [3.8, 4) is 5.75 Å². The molecule has 1 atom stereocenters. The fourth-order valence-corrected chi connectivity index (χ4v) is 3.04. The first kappa shape index (κ1) is 23.0. The van der Waals surface area contributed by atoms with E-state index in [2.05, 4.69) is 25.8 Å². The van der Waals surface area contributed by atoms with E-state index < -0.39 is 11.5 Å². The largest absolute Gasteiger partial charge is 0.488 e. The van der Waals surface area contributed by atoms with E-state index in [-0.39, 0.29) is 22.7 Å². The molecule has 0 unspecified atom stereocenters. The van der Waals surface area contributed by atoms with Gasteiger partial charge in [-0.05, 0) is 25.6 Å². The number of nitrogens with zero attached hydrogens (tertiary/aromatic N) is 3. The van der Waals surface area contributed by atoms with Crippen LogP contribution in [0.1, 0.15) is 30.8 Å². The van der Waals surface area contributed by atoms with E-state index >= 15 is 0 Å². The average Bonchev–Trinajstić information content (AvgIpc) is 3.14. The van der Waals surface area contributed by atoms with Crippen LogP contribution in [0.15, 0.2) is 32.5 Å². The fourth-order valence-electron chi connectivity index (χ4n) is 2.37. The van der Waals surface area contributed by atoms with Gasteiger partial charge >= 0.3 is 5.63 Å². The highest BCUT2D eigenvalue weighted by Gasteiger charge is 2.20. The van der Waals surface area contributed by atoms with Gasteiger partial charge in [0.1, 0.15) is 0 Å². The summed E-state index contributed by atoms with van der Waals surface area (Å²) in [5.41, 5.74) is 5.48. The Hall–Kier alpha value is -3.25. The molecule has 162 valence electrons. The van der Waals surface area contributed by atoms with Crippen molar-refractivity contribution in [2.24, 2.45) is 10.7 Å². The highest BCUT2D eigenvalue weighted by molar-refractivity contribution is 7.18. The molecule has 2 rings (SSSR count). The minimum absolute atomic E-state index is 0.0305. The van der Waals surface area contributed by atoms with Crippen molar-refractivity contribution >= 4 is 38.9 Å². The maximum Gasteiger partial charge on any atom is 0.381 e. The first-order chi connectivity index (χ1) is 14.4. The van der Waals surface area contributed by atoms with Crippen LogP contribution in [0.2, 0.25) is 0 Å². The van der Waals surface area contributed by atoms with E-state index in [1.165, 1.54) is 19.4 Å². The van der Waals surface area contributed by atoms with Gasteiger partial charge in [-0.15, -0.1) is 10.2 Å². The Morgan fingerprint density at radius 3 is 2.83 bits per heavy atom. The predicted molar refractivity (Wildman–Crippen MR) is 115 cm³/mol. The summed E-state index contributed by atoms with van der Waals surface area (Å²) in [5.74, 6) is -0.905. The van der Waals surface area contributed by atoms with Crippen molar-refractivity contribution < 1.29 is 18.7 Å². The molecular formula is C18H24N6O5S. The minimum atomic E-state index is -0.785. The highest BCUT2D eigenvalue weighted by Crippen LogP contribution is 2.26. The molecule has 0 aliphatic heterocycles. The van der Waals surface area contributed by atoms with Crippen molar-refractivity contribution in [3.05, 3.63) is 34.5 Å². The summed E-state index contributed by atoms with van der Waals surface area (Å²) in [5, 5.41) is 13.9. The van der Waals surface area contributed by atoms with Crippen LogP contribution in [0.3, 0.4) is 0 Å². The number of ether oxygens (including phenoxy) is 2. The monoisotopic (exact) mass is 436 g/mol. The number of anilines is 2. The molecule has 0 aromatic carbocycles. The van der Waals surface area contributed by atoms with E-state index in [0.29, 0.717) is 23.1 Å².